The summed E-state index contributed by atoms with van der Waals surface area (Å²) in [6, 6.07) is 14.0. The average Bonchev–Trinajstić information content (AvgIpc) is 2.42. The Morgan fingerprint density at radius 1 is 1.15 bits per heavy atom. The number of nitrogens with zero attached hydrogens (tertiary/aromatic N) is 2. The molecule has 0 radical (unpaired) electrons. The fourth-order valence-corrected chi connectivity index (χ4v) is 2.05. The van der Waals surface area contributed by atoms with Crippen LogP contribution in [0.3, 0.4) is 0 Å². The summed E-state index contributed by atoms with van der Waals surface area (Å²) in [7, 11) is 1.91. The van der Waals surface area contributed by atoms with Gasteiger partial charge in [0.05, 0.1) is 4.92 Å². The number of phenols is 1. The van der Waals surface area contributed by atoms with E-state index in [0.717, 1.165) is 5.56 Å². The second kappa shape index (κ2) is 6.16. The van der Waals surface area contributed by atoms with E-state index in [1.165, 1.54) is 18.2 Å². The molecule has 0 saturated carbocycles. The second-order valence-corrected chi connectivity index (χ2v) is 4.73. The number of hydrogen-bond acceptors (Lipinski definition) is 4. The molecule has 0 atom stereocenters. The van der Waals surface area contributed by atoms with Crippen LogP contribution < -0.4 is 0 Å². The van der Waals surface area contributed by atoms with Crippen LogP contribution in [-0.4, -0.2) is 22.0 Å². The SMILES string of the molecule is CN(Cc1ccccc1)Cc1cc([N+](=O)[O-])ccc1O. The van der Waals surface area contributed by atoms with Crippen LogP contribution >= 0.6 is 0 Å². The van der Waals surface area contributed by atoms with Gasteiger partial charge in [0.2, 0.25) is 0 Å². The summed E-state index contributed by atoms with van der Waals surface area (Å²) >= 11 is 0. The lowest BCUT2D eigenvalue weighted by Gasteiger charge is -2.17. The average molecular weight is 272 g/mol. The lowest BCUT2D eigenvalue weighted by Crippen LogP contribution is -2.17. The minimum atomic E-state index is -0.458. The molecule has 0 aliphatic rings. The van der Waals surface area contributed by atoms with Crippen LogP contribution in [0.4, 0.5) is 5.69 Å². The Hall–Kier alpha value is -2.40. The van der Waals surface area contributed by atoms with Crippen molar-refractivity contribution in [2.45, 2.75) is 13.1 Å². The first-order valence-electron chi connectivity index (χ1n) is 6.25. The largest absolute Gasteiger partial charge is 0.508 e. The highest BCUT2D eigenvalue weighted by Crippen LogP contribution is 2.24. The molecule has 5 heteroatoms. The summed E-state index contributed by atoms with van der Waals surface area (Å²) in [6.07, 6.45) is 0. The first-order valence-corrected chi connectivity index (χ1v) is 6.25. The summed E-state index contributed by atoms with van der Waals surface area (Å²) in [5.41, 5.74) is 1.70. The van der Waals surface area contributed by atoms with Gasteiger partial charge in [0.15, 0.2) is 0 Å². The van der Waals surface area contributed by atoms with Crippen molar-refractivity contribution in [3.8, 4) is 5.75 Å². The smallest absolute Gasteiger partial charge is 0.270 e. The van der Waals surface area contributed by atoms with Crippen LogP contribution in [0.5, 0.6) is 5.75 Å². The minimum Gasteiger partial charge on any atom is -0.508 e. The van der Waals surface area contributed by atoms with Crippen LogP contribution in [0.15, 0.2) is 48.5 Å². The molecule has 0 saturated heterocycles. The zero-order valence-corrected chi connectivity index (χ0v) is 11.2. The monoisotopic (exact) mass is 272 g/mol. The Morgan fingerprint density at radius 2 is 1.85 bits per heavy atom. The van der Waals surface area contributed by atoms with E-state index in [1.54, 1.807) is 0 Å². The van der Waals surface area contributed by atoms with Crippen LogP contribution in [0.25, 0.3) is 0 Å². The van der Waals surface area contributed by atoms with Gasteiger partial charge < -0.3 is 5.11 Å². The molecule has 0 amide bonds. The van der Waals surface area contributed by atoms with E-state index in [9.17, 15) is 15.2 Å². The van der Waals surface area contributed by atoms with E-state index in [1.807, 2.05) is 42.3 Å². The van der Waals surface area contributed by atoms with Crippen molar-refractivity contribution in [1.82, 2.24) is 4.90 Å². The normalized spacial score (nSPS) is 10.7. The minimum absolute atomic E-state index is 0.00842. The molecular weight excluding hydrogens is 256 g/mol. The van der Waals surface area contributed by atoms with Gasteiger partial charge in [-0.2, -0.15) is 0 Å². The van der Waals surface area contributed by atoms with E-state index in [2.05, 4.69) is 0 Å². The highest BCUT2D eigenvalue weighted by molar-refractivity contribution is 5.42. The molecule has 0 aromatic heterocycles. The van der Waals surface area contributed by atoms with E-state index in [-0.39, 0.29) is 11.4 Å². The fraction of sp³-hybridized carbons (Fsp3) is 0.200. The predicted molar refractivity (Wildman–Crippen MR) is 76.4 cm³/mol. The maximum absolute atomic E-state index is 10.8. The standard InChI is InChI=1S/C15H16N2O3/c1-16(10-12-5-3-2-4-6-12)11-13-9-14(17(19)20)7-8-15(13)18/h2-9,18H,10-11H2,1H3. The number of rotatable bonds is 5. The predicted octanol–water partition coefficient (Wildman–Crippen LogP) is 2.93. The molecular formula is C15H16N2O3. The Balaban J connectivity index is 2.09. The van der Waals surface area contributed by atoms with Gasteiger partial charge in [-0.05, 0) is 18.7 Å². The molecule has 5 nitrogen and oxygen atoms in total. The maximum atomic E-state index is 10.8. The van der Waals surface area contributed by atoms with Gasteiger partial charge in [0.1, 0.15) is 5.75 Å². The molecule has 20 heavy (non-hydrogen) atoms. The third-order valence-corrected chi connectivity index (χ3v) is 3.01. The summed E-state index contributed by atoms with van der Waals surface area (Å²) in [6.45, 7) is 1.16. The van der Waals surface area contributed by atoms with Gasteiger partial charge in [-0.3, -0.25) is 15.0 Å². The second-order valence-electron chi connectivity index (χ2n) is 4.73. The number of aromatic hydroxyl groups is 1. The van der Waals surface area contributed by atoms with Crippen molar-refractivity contribution in [1.29, 1.82) is 0 Å². The van der Waals surface area contributed by atoms with E-state index < -0.39 is 4.92 Å². The number of non-ortho nitro benzene ring substituents is 1. The Morgan fingerprint density at radius 3 is 2.50 bits per heavy atom. The highest BCUT2D eigenvalue weighted by Gasteiger charge is 2.12. The molecule has 0 aliphatic heterocycles. The Bertz CT molecular complexity index is 599. The number of nitro benzene ring substituents is 1. The molecule has 0 aliphatic carbocycles. The van der Waals surface area contributed by atoms with Gasteiger partial charge in [-0.25, -0.2) is 0 Å². The topological polar surface area (TPSA) is 66.6 Å². The Kier molecular flexibility index (Phi) is 4.32. The quantitative estimate of drug-likeness (QED) is 0.671. The third-order valence-electron chi connectivity index (χ3n) is 3.01. The van der Waals surface area contributed by atoms with Gasteiger partial charge >= 0.3 is 0 Å². The molecule has 104 valence electrons. The number of nitro groups is 1. The van der Waals surface area contributed by atoms with Crippen molar-refractivity contribution >= 4 is 5.69 Å². The first kappa shape index (κ1) is 14.0. The lowest BCUT2D eigenvalue weighted by atomic mass is 10.1. The number of phenolic OH excluding ortho intramolecular Hbond substituents is 1. The van der Waals surface area contributed by atoms with Gasteiger partial charge in [0, 0.05) is 30.8 Å². The summed E-state index contributed by atoms with van der Waals surface area (Å²) in [4.78, 5) is 12.3. The fourth-order valence-electron chi connectivity index (χ4n) is 2.05. The van der Waals surface area contributed by atoms with E-state index in [4.69, 9.17) is 0 Å². The van der Waals surface area contributed by atoms with E-state index in [0.29, 0.717) is 18.7 Å². The molecule has 0 unspecified atom stereocenters. The van der Waals surface area contributed by atoms with Gasteiger partial charge in [0.25, 0.3) is 5.69 Å². The Labute approximate surface area is 117 Å². The lowest BCUT2D eigenvalue weighted by molar-refractivity contribution is -0.385. The molecule has 2 aromatic carbocycles. The summed E-state index contributed by atoms with van der Waals surface area (Å²) < 4.78 is 0. The van der Waals surface area contributed by atoms with Crippen molar-refractivity contribution < 1.29 is 10.0 Å². The maximum Gasteiger partial charge on any atom is 0.270 e. The zero-order valence-electron chi connectivity index (χ0n) is 11.2. The highest BCUT2D eigenvalue weighted by atomic mass is 16.6. The van der Waals surface area contributed by atoms with Gasteiger partial charge in [-0.15, -0.1) is 0 Å². The third kappa shape index (κ3) is 3.55. The molecule has 0 bridgehead atoms. The molecule has 0 fully saturated rings. The van der Waals surface area contributed by atoms with Crippen molar-refractivity contribution in [2.75, 3.05) is 7.05 Å². The zero-order chi connectivity index (χ0) is 14.5. The van der Waals surface area contributed by atoms with Crippen LogP contribution in [0, 0.1) is 10.1 Å². The van der Waals surface area contributed by atoms with Crippen LogP contribution in [0.1, 0.15) is 11.1 Å². The molecule has 2 rings (SSSR count). The van der Waals surface area contributed by atoms with Gasteiger partial charge in [-0.1, -0.05) is 30.3 Å². The number of benzene rings is 2. The van der Waals surface area contributed by atoms with Crippen molar-refractivity contribution in [3.63, 3.8) is 0 Å². The van der Waals surface area contributed by atoms with Crippen LogP contribution in [-0.2, 0) is 13.1 Å². The molecule has 2 aromatic rings. The number of hydrogen-bond donors (Lipinski definition) is 1. The molecule has 0 heterocycles. The molecule has 1 N–H and O–H groups in total. The van der Waals surface area contributed by atoms with Crippen LogP contribution in [0.2, 0.25) is 0 Å². The summed E-state index contributed by atoms with van der Waals surface area (Å²) in [5.74, 6) is 0.0792. The van der Waals surface area contributed by atoms with Crippen molar-refractivity contribution in [3.05, 3.63) is 69.8 Å². The summed E-state index contributed by atoms with van der Waals surface area (Å²) in [5, 5.41) is 20.5. The van der Waals surface area contributed by atoms with E-state index >= 15 is 0 Å². The van der Waals surface area contributed by atoms with Crippen molar-refractivity contribution in [2.24, 2.45) is 0 Å². The molecule has 0 spiro atoms. The first-order chi connectivity index (χ1) is 9.56.